The Hall–Kier alpha value is -1.52. The van der Waals surface area contributed by atoms with Crippen LogP contribution in [0.15, 0.2) is 47.6 Å². The second-order valence-electron chi connectivity index (χ2n) is 4.86. The lowest BCUT2D eigenvalue weighted by molar-refractivity contribution is 0.413. The Morgan fingerprint density at radius 2 is 2.20 bits per heavy atom. The summed E-state index contributed by atoms with van der Waals surface area (Å²) >= 11 is 1.84. The van der Waals surface area contributed by atoms with Crippen molar-refractivity contribution in [1.82, 2.24) is 10.3 Å². The predicted molar refractivity (Wildman–Crippen MR) is 82.4 cm³/mol. The van der Waals surface area contributed by atoms with Crippen molar-refractivity contribution < 1.29 is 4.74 Å². The van der Waals surface area contributed by atoms with E-state index in [0.717, 1.165) is 17.2 Å². The maximum atomic E-state index is 5.34. The van der Waals surface area contributed by atoms with Crippen molar-refractivity contribution in [2.45, 2.75) is 22.7 Å². The molecule has 1 aromatic carbocycles. The van der Waals surface area contributed by atoms with Gasteiger partial charge in [-0.05, 0) is 48.9 Å². The second-order valence-corrected chi connectivity index (χ2v) is 6.12. The first-order chi connectivity index (χ1) is 9.81. The maximum Gasteiger partial charge on any atom is 0.119 e. The number of hydrogen-bond acceptors (Lipinski definition) is 4. The number of ether oxygens (including phenoxy) is 1. The third kappa shape index (κ3) is 2.53. The highest BCUT2D eigenvalue weighted by Gasteiger charge is 2.32. The summed E-state index contributed by atoms with van der Waals surface area (Å²) in [4.78, 5) is 4.42. The summed E-state index contributed by atoms with van der Waals surface area (Å²) in [7, 11) is 3.73. The van der Waals surface area contributed by atoms with Crippen molar-refractivity contribution in [1.29, 1.82) is 0 Å². The fraction of sp³-hybridized carbons (Fsp3) is 0.312. The molecule has 20 heavy (non-hydrogen) atoms. The topological polar surface area (TPSA) is 34.1 Å². The van der Waals surface area contributed by atoms with Gasteiger partial charge in [0, 0.05) is 17.5 Å². The molecule has 2 aromatic rings. The number of thioether (sulfide) groups is 1. The Labute approximate surface area is 123 Å². The van der Waals surface area contributed by atoms with E-state index in [1.807, 2.05) is 43.2 Å². The van der Waals surface area contributed by atoms with Gasteiger partial charge < -0.3 is 10.1 Å². The van der Waals surface area contributed by atoms with E-state index in [1.165, 1.54) is 11.1 Å². The fourth-order valence-corrected chi connectivity index (χ4v) is 4.00. The standard InChI is InChI=1S/C16H18N2OS/c1-17-16-13-10-12(19-2)7-6-11(13)9-14(16)20-15-5-3-4-8-18-15/h3-8,10,14,16-17H,9H2,1-2H3. The summed E-state index contributed by atoms with van der Waals surface area (Å²) in [5.41, 5.74) is 2.75. The van der Waals surface area contributed by atoms with Crippen molar-refractivity contribution in [3.8, 4) is 5.75 Å². The highest BCUT2D eigenvalue weighted by molar-refractivity contribution is 7.99. The van der Waals surface area contributed by atoms with Gasteiger partial charge in [0.25, 0.3) is 0 Å². The van der Waals surface area contributed by atoms with Gasteiger partial charge in [-0.2, -0.15) is 0 Å². The number of fused-ring (bicyclic) bond motifs is 1. The third-order valence-electron chi connectivity index (χ3n) is 3.70. The molecule has 1 aromatic heterocycles. The van der Waals surface area contributed by atoms with Crippen molar-refractivity contribution in [3.05, 3.63) is 53.7 Å². The van der Waals surface area contributed by atoms with E-state index < -0.39 is 0 Å². The average molecular weight is 286 g/mol. The van der Waals surface area contributed by atoms with Gasteiger partial charge >= 0.3 is 0 Å². The maximum absolute atomic E-state index is 5.34. The van der Waals surface area contributed by atoms with Crippen LogP contribution in [0.4, 0.5) is 0 Å². The zero-order valence-corrected chi connectivity index (χ0v) is 12.5. The number of methoxy groups -OCH3 is 1. The Morgan fingerprint density at radius 3 is 2.90 bits per heavy atom. The lowest BCUT2D eigenvalue weighted by atomic mass is 10.1. The molecule has 4 heteroatoms. The number of pyridine rings is 1. The first-order valence-corrected chi connectivity index (χ1v) is 7.61. The molecule has 0 saturated heterocycles. The van der Waals surface area contributed by atoms with Crippen LogP contribution in [0.25, 0.3) is 0 Å². The Kier molecular flexibility index (Phi) is 3.94. The quantitative estimate of drug-likeness (QED) is 0.936. The van der Waals surface area contributed by atoms with E-state index >= 15 is 0 Å². The molecular formula is C16H18N2OS. The molecule has 0 amide bonds. The minimum absolute atomic E-state index is 0.340. The first-order valence-electron chi connectivity index (χ1n) is 6.73. The van der Waals surface area contributed by atoms with E-state index in [2.05, 4.69) is 28.5 Å². The first kappa shape index (κ1) is 13.5. The summed E-state index contributed by atoms with van der Waals surface area (Å²) in [6, 6.07) is 12.8. The van der Waals surface area contributed by atoms with Gasteiger partial charge in [0.15, 0.2) is 0 Å². The monoisotopic (exact) mass is 286 g/mol. The third-order valence-corrected chi connectivity index (χ3v) is 4.93. The molecule has 2 unspecified atom stereocenters. The smallest absolute Gasteiger partial charge is 0.119 e. The summed E-state index contributed by atoms with van der Waals surface area (Å²) in [6.45, 7) is 0. The molecule has 0 saturated carbocycles. The molecule has 3 rings (SSSR count). The van der Waals surface area contributed by atoms with Crippen LogP contribution in [0.1, 0.15) is 17.2 Å². The number of nitrogens with one attached hydrogen (secondary N) is 1. The molecule has 2 atom stereocenters. The summed E-state index contributed by atoms with van der Waals surface area (Å²) in [5.74, 6) is 0.924. The van der Waals surface area contributed by atoms with Crippen LogP contribution in [0, 0.1) is 0 Å². The van der Waals surface area contributed by atoms with E-state index in [4.69, 9.17) is 4.74 Å². The van der Waals surface area contributed by atoms with Crippen LogP contribution >= 0.6 is 11.8 Å². The van der Waals surface area contributed by atoms with Gasteiger partial charge in [0.1, 0.15) is 5.75 Å². The molecule has 1 aliphatic rings. The van der Waals surface area contributed by atoms with Crippen LogP contribution in [0.5, 0.6) is 5.75 Å². The van der Waals surface area contributed by atoms with Gasteiger partial charge in [0.05, 0.1) is 12.1 Å². The molecule has 0 bridgehead atoms. The lowest BCUT2D eigenvalue weighted by Crippen LogP contribution is -2.23. The van der Waals surface area contributed by atoms with Crippen molar-refractivity contribution in [3.63, 3.8) is 0 Å². The molecule has 0 aliphatic heterocycles. The van der Waals surface area contributed by atoms with Crippen LogP contribution in [0.3, 0.4) is 0 Å². The summed E-state index contributed by atoms with van der Waals surface area (Å²) in [5, 5.41) is 4.99. The highest BCUT2D eigenvalue weighted by Crippen LogP contribution is 2.41. The predicted octanol–water partition coefficient (Wildman–Crippen LogP) is 3.07. The molecule has 0 fully saturated rings. The van der Waals surface area contributed by atoms with E-state index in [1.54, 1.807) is 7.11 Å². The Balaban J connectivity index is 1.85. The Bertz CT molecular complexity index is 588. The molecule has 1 N–H and O–H groups in total. The minimum atomic E-state index is 0.340. The van der Waals surface area contributed by atoms with Gasteiger partial charge in [-0.15, -0.1) is 11.8 Å². The van der Waals surface area contributed by atoms with Crippen LogP contribution in [0.2, 0.25) is 0 Å². The molecule has 1 aliphatic carbocycles. The van der Waals surface area contributed by atoms with Gasteiger partial charge in [-0.1, -0.05) is 12.1 Å². The number of hydrogen-bond donors (Lipinski definition) is 1. The number of nitrogens with zero attached hydrogens (tertiary/aromatic N) is 1. The lowest BCUT2D eigenvalue weighted by Gasteiger charge is -2.19. The van der Waals surface area contributed by atoms with Crippen molar-refractivity contribution in [2.24, 2.45) is 0 Å². The van der Waals surface area contributed by atoms with Crippen molar-refractivity contribution >= 4 is 11.8 Å². The van der Waals surface area contributed by atoms with E-state index in [9.17, 15) is 0 Å². The summed E-state index contributed by atoms with van der Waals surface area (Å²) < 4.78 is 5.34. The van der Waals surface area contributed by atoms with Crippen LogP contribution in [-0.4, -0.2) is 24.4 Å². The van der Waals surface area contributed by atoms with E-state index in [0.29, 0.717) is 11.3 Å². The van der Waals surface area contributed by atoms with Crippen LogP contribution in [-0.2, 0) is 6.42 Å². The molecule has 1 heterocycles. The molecular weight excluding hydrogens is 268 g/mol. The second kappa shape index (κ2) is 5.85. The zero-order chi connectivity index (χ0) is 13.9. The molecule has 0 spiro atoms. The van der Waals surface area contributed by atoms with E-state index in [-0.39, 0.29) is 0 Å². The number of rotatable bonds is 4. The zero-order valence-electron chi connectivity index (χ0n) is 11.7. The SMILES string of the molecule is CNC1c2cc(OC)ccc2CC1Sc1ccccn1. The van der Waals surface area contributed by atoms with Crippen LogP contribution < -0.4 is 10.1 Å². The van der Waals surface area contributed by atoms with Gasteiger partial charge in [0.2, 0.25) is 0 Å². The average Bonchev–Trinajstić information content (AvgIpc) is 2.84. The van der Waals surface area contributed by atoms with Crippen molar-refractivity contribution in [2.75, 3.05) is 14.2 Å². The Morgan fingerprint density at radius 1 is 1.30 bits per heavy atom. The molecule has 3 nitrogen and oxygen atoms in total. The number of aromatic nitrogens is 1. The molecule has 104 valence electrons. The van der Waals surface area contributed by atoms with Gasteiger partial charge in [-0.3, -0.25) is 0 Å². The summed E-state index contributed by atoms with van der Waals surface area (Å²) in [6.07, 6.45) is 2.91. The molecule has 0 radical (unpaired) electrons. The fourth-order valence-electron chi connectivity index (χ4n) is 2.73. The normalized spacial score (nSPS) is 20.7. The minimum Gasteiger partial charge on any atom is -0.497 e. The highest BCUT2D eigenvalue weighted by atomic mass is 32.2. The number of benzene rings is 1. The largest absolute Gasteiger partial charge is 0.497 e. The van der Waals surface area contributed by atoms with Gasteiger partial charge in [-0.25, -0.2) is 4.98 Å².